The summed E-state index contributed by atoms with van der Waals surface area (Å²) < 4.78 is 37.6. The smallest absolute Gasteiger partial charge is 0.269 e. The monoisotopic (exact) mass is 267 g/mol. The third-order valence-corrected chi connectivity index (χ3v) is 2.45. The molecule has 98 valence electrons. The van der Waals surface area contributed by atoms with Gasteiger partial charge in [0.25, 0.3) is 0 Å². The van der Waals surface area contributed by atoms with Crippen LogP contribution in [0.1, 0.15) is 18.5 Å². The van der Waals surface area contributed by atoms with Gasteiger partial charge in [0, 0.05) is 12.6 Å². The minimum Gasteiger partial charge on any atom is -0.269 e. The summed E-state index contributed by atoms with van der Waals surface area (Å²) in [5, 5.41) is 30.2. The highest BCUT2D eigenvalue weighted by Gasteiger charge is 2.37. The van der Waals surface area contributed by atoms with Gasteiger partial charge in [-0.25, -0.2) is 0 Å². The van der Waals surface area contributed by atoms with Crippen molar-refractivity contribution in [1.29, 1.82) is 15.8 Å². The molecule has 0 bridgehead atoms. The van der Waals surface area contributed by atoms with Crippen LogP contribution in [0.2, 0.25) is 0 Å². The Labute approximate surface area is 107 Å². The highest BCUT2D eigenvalue weighted by molar-refractivity contribution is 5.18. The van der Waals surface area contributed by atoms with Crippen LogP contribution in [-0.2, 0) is 6.54 Å². The lowest BCUT2D eigenvalue weighted by Crippen LogP contribution is -2.26. The van der Waals surface area contributed by atoms with E-state index in [1.807, 2.05) is 0 Å². The molecule has 8 heteroatoms. The average Bonchev–Trinajstić information content (AvgIpc) is 2.81. The molecule has 0 aromatic carbocycles. The van der Waals surface area contributed by atoms with Crippen molar-refractivity contribution in [2.45, 2.75) is 25.6 Å². The van der Waals surface area contributed by atoms with Gasteiger partial charge in [-0.05, 0) is 12.5 Å². The second-order valence-corrected chi connectivity index (χ2v) is 3.93. The highest BCUT2D eigenvalue weighted by atomic mass is 19.4. The first kappa shape index (κ1) is 14.5. The van der Waals surface area contributed by atoms with Crippen LogP contribution in [0.3, 0.4) is 0 Å². The fraction of sp³-hybridized carbons (Fsp3) is 0.455. The molecular weight excluding hydrogens is 259 g/mol. The predicted octanol–water partition coefficient (Wildman–Crippen LogP) is 2.13. The summed E-state index contributed by atoms with van der Waals surface area (Å²) in [6, 6.07) is 6.32. The van der Waals surface area contributed by atoms with Crippen molar-refractivity contribution in [1.82, 2.24) is 9.78 Å². The van der Waals surface area contributed by atoms with Gasteiger partial charge in [0.1, 0.15) is 6.07 Å². The molecule has 0 aliphatic carbocycles. The number of aromatic nitrogens is 2. The summed E-state index contributed by atoms with van der Waals surface area (Å²) in [5.41, 5.74) is -1.74. The molecule has 0 unspecified atom stereocenters. The number of nitriles is 3. The Kier molecular flexibility index (Phi) is 4.14. The molecule has 0 radical (unpaired) electrons. The summed E-state index contributed by atoms with van der Waals surface area (Å²) in [4.78, 5) is 0. The van der Waals surface area contributed by atoms with Gasteiger partial charge in [0.15, 0.2) is 11.1 Å². The number of nitrogens with zero attached hydrogens (tertiary/aromatic N) is 5. The van der Waals surface area contributed by atoms with Crippen LogP contribution >= 0.6 is 0 Å². The molecule has 0 aliphatic rings. The SMILES string of the molecule is N#Cc1ccn(CC(C#N)(C#N)CCC(F)(F)F)n1. The molecule has 0 saturated carbocycles. The van der Waals surface area contributed by atoms with Crippen LogP contribution in [0.15, 0.2) is 12.3 Å². The number of halogens is 3. The first-order valence-electron chi connectivity index (χ1n) is 5.17. The van der Waals surface area contributed by atoms with E-state index in [2.05, 4.69) is 5.10 Å². The first-order chi connectivity index (χ1) is 8.84. The number of rotatable bonds is 4. The maximum Gasteiger partial charge on any atom is 0.389 e. The van der Waals surface area contributed by atoms with E-state index in [0.717, 1.165) is 4.68 Å². The van der Waals surface area contributed by atoms with Crippen molar-refractivity contribution in [3.8, 4) is 18.2 Å². The molecule has 19 heavy (non-hydrogen) atoms. The van der Waals surface area contributed by atoms with E-state index in [9.17, 15) is 13.2 Å². The summed E-state index contributed by atoms with van der Waals surface area (Å²) in [7, 11) is 0. The van der Waals surface area contributed by atoms with Crippen LogP contribution in [0.5, 0.6) is 0 Å². The van der Waals surface area contributed by atoms with Gasteiger partial charge < -0.3 is 0 Å². The van der Waals surface area contributed by atoms with Crippen LogP contribution in [0, 0.1) is 39.4 Å². The lowest BCUT2D eigenvalue weighted by atomic mass is 9.86. The van der Waals surface area contributed by atoms with E-state index in [1.165, 1.54) is 12.3 Å². The first-order valence-corrected chi connectivity index (χ1v) is 5.17. The van der Waals surface area contributed by atoms with Gasteiger partial charge in [-0.1, -0.05) is 0 Å². The lowest BCUT2D eigenvalue weighted by molar-refractivity contribution is -0.138. The van der Waals surface area contributed by atoms with Gasteiger partial charge in [-0.3, -0.25) is 4.68 Å². The van der Waals surface area contributed by atoms with E-state index in [-0.39, 0.29) is 12.2 Å². The molecule has 0 aliphatic heterocycles. The summed E-state index contributed by atoms with van der Waals surface area (Å²) in [6.45, 7) is -0.308. The standard InChI is InChI=1S/C11H8F3N5/c12-11(13,14)3-2-10(6-16,7-17)8-19-4-1-9(5-15)18-19/h1,4H,2-3,8H2. The Morgan fingerprint density at radius 1 is 1.16 bits per heavy atom. The highest BCUT2D eigenvalue weighted by Crippen LogP contribution is 2.31. The zero-order valence-electron chi connectivity index (χ0n) is 9.65. The molecule has 0 N–H and O–H groups in total. The van der Waals surface area contributed by atoms with Crippen molar-refractivity contribution >= 4 is 0 Å². The Bertz CT molecular complexity index is 553. The molecule has 5 nitrogen and oxygen atoms in total. The maximum atomic E-state index is 12.2. The van der Waals surface area contributed by atoms with E-state index < -0.39 is 24.4 Å². The van der Waals surface area contributed by atoms with Gasteiger partial charge >= 0.3 is 6.18 Å². The van der Waals surface area contributed by atoms with Crippen LogP contribution < -0.4 is 0 Å². The average molecular weight is 267 g/mol. The molecule has 1 heterocycles. The lowest BCUT2D eigenvalue weighted by Gasteiger charge is -2.19. The summed E-state index contributed by atoms with van der Waals surface area (Å²) in [6.07, 6.45) is -4.94. The molecule has 1 aromatic rings. The molecule has 0 atom stereocenters. The van der Waals surface area contributed by atoms with E-state index >= 15 is 0 Å². The number of alkyl halides is 3. The predicted molar refractivity (Wildman–Crippen MR) is 55.9 cm³/mol. The third-order valence-electron chi connectivity index (χ3n) is 2.45. The minimum absolute atomic E-state index is 0.0700. The van der Waals surface area contributed by atoms with Crippen LogP contribution in [0.25, 0.3) is 0 Å². The molecule has 0 amide bonds. The fourth-order valence-electron chi connectivity index (χ4n) is 1.43. The van der Waals surface area contributed by atoms with Crippen molar-refractivity contribution in [3.63, 3.8) is 0 Å². The minimum atomic E-state index is -4.43. The summed E-state index contributed by atoms with van der Waals surface area (Å²) in [5.74, 6) is 0. The van der Waals surface area contributed by atoms with Gasteiger partial charge in [-0.15, -0.1) is 0 Å². The fourth-order valence-corrected chi connectivity index (χ4v) is 1.43. The molecule has 0 fully saturated rings. The van der Waals surface area contributed by atoms with E-state index in [1.54, 1.807) is 18.2 Å². The molecule has 0 spiro atoms. The molecule has 0 saturated heterocycles. The normalized spacial score (nSPS) is 11.4. The second-order valence-electron chi connectivity index (χ2n) is 3.93. The van der Waals surface area contributed by atoms with Crippen LogP contribution in [-0.4, -0.2) is 16.0 Å². The maximum absolute atomic E-state index is 12.2. The topological polar surface area (TPSA) is 89.2 Å². The summed E-state index contributed by atoms with van der Waals surface area (Å²) >= 11 is 0. The zero-order chi connectivity index (χ0) is 14.5. The van der Waals surface area contributed by atoms with Crippen molar-refractivity contribution in [2.24, 2.45) is 5.41 Å². The largest absolute Gasteiger partial charge is 0.389 e. The van der Waals surface area contributed by atoms with E-state index in [4.69, 9.17) is 15.8 Å². The van der Waals surface area contributed by atoms with Crippen molar-refractivity contribution in [2.75, 3.05) is 0 Å². The quantitative estimate of drug-likeness (QED) is 0.835. The number of hydrogen-bond donors (Lipinski definition) is 0. The third kappa shape index (κ3) is 4.01. The number of hydrogen-bond acceptors (Lipinski definition) is 4. The van der Waals surface area contributed by atoms with Crippen LogP contribution in [0.4, 0.5) is 13.2 Å². The van der Waals surface area contributed by atoms with Gasteiger partial charge in [-0.2, -0.15) is 34.1 Å². The van der Waals surface area contributed by atoms with Crippen molar-refractivity contribution in [3.05, 3.63) is 18.0 Å². The van der Waals surface area contributed by atoms with Crippen molar-refractivity contribution < 1.29 is 13.2 Å². The molecular formula is C11H8F3N5. The Morgan fingerprint density at radius 2 is 1.79 bits per heavy atom. The molecule has 1 rings (SSSR count). The Morgan fingerprint density at radius 3 is 2.21 bits per heavy atom. The second kappa shape index (κ2) is 5.41. The Hall–Kier alpha value is -2.53. The zero-order valence-corrected chi connectivity index (χ0v) is 9.65. The molecule has 1 aromatic heterocycles. The van der Waals surface area contributed by atoms with Gasteiger partial charge in [0.05, 0.1) is 18.7 Å². The van der Waals surface area contributed by atoms with E-state index in [0.29, 0.717) is 0 Å². The van der Waals surface area contributed by atoms with Gasteiger partial charge in [0.2, 0.25) is 0 Å². The Balaban J connectivity index is 2.86.